The molecule has 4 nitrogen and oxygen atoms in total. The molecular weight excluding hydrogens is 276 g/mol. The number of rotatable bonds is 3. The fourth-order valence-electron chi connectivity index (χ4n) is 1.65. The van der Waals surface area contributed by atoms with E-state index in [0.717, 1.165) is 6.29 Å². The van der Waals surface area contributed by atoms with E-state index in [1.54, 1.807) is 6.07 Å². The summed E-state index contributed by atoms with van der Waals surface area (Å²) in [5, 5.41) is 9.88. The number of hydrogen-bond donors (Lipinski definition) is 1. The average Bonchev–Trinajstić information content (AvgIpc) is 2.30. The van der Waals surface area contributed by atoms with Gasteiger partial charge in [0.05, 0.1) is 4.47 Å². The van der Waals surface area contributed by atoms with Gasteiger partial charge in [-0.3, -0.25) is 0 Å². The van der Waals surface area contributed by atoms with Gasteiger partial charge in [0.2, 0.25) is 0 Å². The molecule has 0 spiro atoms. The summed E-state index contributed by atoms with van der Waals surface area (Å²) in [7, 11) is 0. The second-order valence-electron chi connectivity index (χ2n) is 3.42. The number of phenolic OH excluding ortho intramolecular Hbond substituents is 1. The molecule has 1 aromatic carbocycles. The Hall–Kier alpha value is -1.23. The standard InChI is InChI=1S/C11H11BrO4/c12-8-6-9-11(16-5-4-15-9)7(10(8)14)2-1-3-13/h3,6,14H,1-2,4-5H2. The number of fused-ring (bicyclic) bond motifs is 1. The summed E-state index contributed by atoms with van der Waals surface area (Å²) in [5.74, 6) is 1.27. The first-order valence-electron chi connectivity index (χ1n) is 4.97. The van der Waals surface area contributed by atoms with Gasteiger partial charge >= 0.3 is 0 Å². The van der Waals surface area contributed by atoms with Crippen molar-refractivity contribution in [1.82, 2.24) is 0 Å². The van der Waals surface area contributed by atoms with Crippen LogP contribution >= 0.6 is 15.9 Å². The molecule has 0 atom stereocenters. The van der Waals surface area contributed by atoms with Gasteiger partial charge in [-0.2, -0.15) is 0 Å². The fraction of sp³-hybridized carbons (Fsp3) is 0.364. The molecule has 2 rings (SSSR count). The van der Waals surface area contributed by atoms with Gasteiger partial charge in [-0.15, -0.1) is 0 Å². The van der Waals surface area contributed by atoms with Crippen molar-refractivity contribution in [1.29, 1.82) is 0 Å². The number of aromatic hydroxyl groups is 1. The van der Waals surface area contributed by atoms with Crippen LogP contribution in [0.2, 0.25) is 0 Å². The van der Waals surface area contributed by atoms with Crippen molar-refractivity contribution in [3.05, 3.63) is 16.1 Å². The Kier molecular flexibility index (Phi) is 3.33. The molecule has 0 aromatic heterocycles. The molecule has 1 aliphatic heterocycles. The number of carbonyl (C=O) groups is 1. The Balaban J connectivity index is 2.45. The summed E-state index contributed by atoms with van der Waals surface area (Å²) in [5.41, 5.74) is 0.621. The lowest BCUT2D eigenvalue weighted by molar-refractivity contribution is -0.107. The zero-order valence-corrected chi connectivity index (χ0v) is 10.1. The maximum Gasteiger partial charge on any atom is 0.168 e. The predicted octanol–water partition coefficient (Wildman–Crippen LogP) is 2.06. The average molecular weight is 287 g/mol. The quantitative estimate of drug-likeness (QED) is 0.864. The van der Waals surface area contributed by atoms with E-state index in [9.17, 15) is 9.90 Å². The number of hydrogen-bond acceptors (Lipinski definition) is 4. The van der Waals surface area contributed by atoms with E-state index >= 15 is 0 Å². The van der Waals surface area contributed by atoms with Crippen molar-refractivity contribution in [2.45, 2.75) is 12.8 Å². The van der Waals surface area contributed by atoms with Crippen molar-refractivity contribution in [3.63, 3.8) is 0 Å². The van der Waals surface area contributed by atoms with Gasteiger partial charge in [-0.25, -0.2) is 0 Å². The number of halogens is 1. The monoisotopic (exact) mass is 286 g/mol. The van der Waals surface area contributed by atoms with Crippen LogP contribution in [0.4, 0.5) is 0 Å². The Labute approximate surface area is 101 Å². The van der Waals surface area contributed by atoms with Crippen LogP contribution in [0.3, 0.4) is 0 Å². The van der Waals surface area contributed by atoms with E-state index in [-0.39, 0.29) is 5.75 Å². The molecule has 1 aromatic rings. The van der Waals surface area contributed by atoms with Gasteiger partial charge < -0.3 is 19.4 Å². The summed E-state index contributed by atoms with van der Waals surface area (Å²) in [6.07, 6.45) is 1.61. The van der Waals surface area contributed by atoms with Crippen LogP contribution in [-0.4, -0.2) is 24.6 Å². The Morgan fingerprint density at radius 3 is 2.94 bits per heavy atom. The van der Waals surface area contributed by atoms with Crippen molar-refractivity contribution in [2.24, 2.45) is 0 Å². The van der Waals surface area contributed by atoms with Gasteiger partial charge in [0.15, 0.2) is 11.5 Å². The summed E-state index contributed by atoms with van der Waals surface area (Å²) in [6, 6.07) is 1.67. The molecule has 0 bridgehead atoms. The minimum Gasteiger partial charge on any atom is -0.506 e. The van der Waals surface area contributed by atoms with E-state index in [1.807, 2.05) is 0 Å². The lowest BCUT2D eigenvalue weighted by atomic mass is 10.1. The van der Waals surface area contributed by atoms with Gasteiger partial charge in [-0.1, -0.05) is 0 Å². The second-order valence-corrected chi connectivity index (χ2v) is 4.27. The molecule has 86 valence electrons. The van der Waals surface area contributed by atoms with E-state index in [0.29, 0.717) is 47.6 Å². The van der Waals surface area contributed by atoms with Crippen LogP contribution in [-0.2, 0) is 11.2 Å². The highest BCUT2D eigenvalue weighted by Crippen LogP contribution is 2.44. The van der Waals surface area contributed by atoms with Crippen LogP contribution in [0, 0.1) is 0 Å². The molecule has 5 heteroatoms. The molecule has 0 fully saturated rings. The van der Waals surface area contributed by atoms with Crippen LogP contribution in [0.5, 0.6) is 17.2 Å². The number of carbonyl (C=O) groups excluding carboxylic acids is 1. The van der Waals surface area contributed by atoms with E-state index in [1.165, 1.54) is 0 Å². The third-order valence-electron chi connectivity index (χ3n) is 2.37. The van der Waals surface area contributed by atoms with Crippen molar-refractivity contribution < 1.29 is 19.4 Å². The van der Waals surface area contributed by atoms with Crippen molar-refractivity contribution in [3.8, 4) is 17.2 Å². The molecule has 0 amide bonds. The van der Waals surface area contributed by atoms with Gasteiger partial charge in [0.25, 0.3) is 0 Å². The third kappa shape index (κ3) is 2.00. The molecule has 0 radical (unpaired) electrons. The van der Waals surface area contributed by atoms with Crippen LogP contribution in [0.25, 0.3) is 0 Å². The minimum absolute atomic E-state index is 0.117. The largest absolute Gasteiger partial charge is 0.506 e. The third-order valence-corrected chi connectivity index (χ3v) is 2.97. The molecule has 1 aliphatic rings. The molecule has 0 aliphatic carbocycles. The van der Waals surface area contributed by atoms with Gasteiger partial charge in [-0.05, 0) is 22.4 Å². The van der Waals surface area contributed by atoms with Gasteiger partial charge in [0.1, 0.15) is 25.2 Å². The normalized spacial score (nSPS) is 13.6. The van der Waals surface area contributed by atoms with E-state index in [2.05, 4.69) is 15.9 Å². The number of phenols is 1. The topological polar surface area (TPSA) is 55.8 Å². The smallest absolute Gasteiger partial charge is 0.168 e. The molecule has 0 saturated carbocycles. The summed E-state index contributed by atoms with van der Waals surface area (Å²) < 4.78 is 11.4. The first-order chi connectivity index (χ1) is 7.74. The van der Waals surface area contributed by atoms with Crippen LogP contribution in [0.1, 0.15) is 12.0 Å². The van der Waals surface area contributed by atoms with E-state index in [4.69, 9.17) is 9.47 Å². The Morgan fingerprint density at radius 1 is 1.44 bits per heavy atom. The maximum atomic E-state index is 10.4. The lowest BCUT2D eigenvalue weighted by Crippen LogP contribution is -2.16. The fourth-order valence-corrected chi connectivity index (χ4v) is 2.09. The van der Waals surface area contributed by atoms with E-state index < -0.39 is 0 Å². The van der Waals surface area contributed by atoms with Crippen molar-refractivity contribution >= 4 is 22.2 Å². The number of benzene rings is 1. The molecule has 0 unspecified atom stereocenters. The van der Waals surface area contributed by atoms with Crippen LogP contribution in [0.15, 0.2) is 10.5 Å². The summed E-state index contributed by atoms with van der Waals surface area (Å²) >= 11 is 3.24. The first-order valence-corrected chi connectivity index (χ1v) is 5.77. The molecule has 16 heavy (non-hydrogen) atoms. The Bertz CT molecular complexity index is 417. The molecule has 1 N–H and O–H groups in total. The lowest BCUT2D eigenvalue weighted by Gasteiger charge is -2.22. The SMILES string of the molecule is O=CCCc1c(O)c(Br)cc2c1OCCO2. The zero-order valence-electron chi connectivity index (χ0n) is 8.53. The van der Waals surface area contributed by atoms with Crippen molar-refractivity contribution in [2.75, 3.05) is 13.2 Å². The molecule has 1 heterocycles. The maximum absolute atomic E-state index is 10.4. The van der Waals surface area contributed by atoms with Crippen LogP contribution < -0.4 is 9.47 Å². The second kappa shape index (κ2) is 4.74. The predicted molar refractivity (Wildman–Crippen MR) is 61.2 cm³/mol. The summed E-state index contributed by atoms with van der Waals surface area (Å²) in [6.45, 7) is 0.958. The minimum atomic E-state index is 0.117. The highest BCUT2D eigenvalue weighted by atomic mass is 79.9. The highest BCUT2D eigenvalue weighted by molar-refractivity contribution is 9.10. The molecular formula is C11H11BrO4. The number of ether oxygens (including phenoxy) is 2. The molecule has 0 saturated heterocycles. The number of aldehydes is 1. The Morgan fingerprint density at radius 2 is 2.19 bits per heavy atom. The first kappa shape index (κ1) is 11.3. The van der Waals surface area contributed by atoms with Gasteiger partial charge in [0, 0.05) is 18.1 Å². The highest BCUT2D eigenvalue weighted by Gasteiger charge is 2.21. The summed E-state index contributed by atoms with van der Waals surface area (Å²) in [4.78, 5) is 10.4. The zero-order chi connectivity index (χ0) is 11.5.